The molecule has 1 nitrogen and oxygen atoms in total. The third-order valence-electron chi connectivity index (χ3n) is 3.10. The zero-order valence-electron chi connectivity index (χ0n) is 9.01. The van der Waals surface area contributed by atoms with E-state index in [4.69, 9.17) is 0 Å². The number of rotatable bonds is 0. The molecule has 0 radical (unpaired) electrons. The summed E-state index contributed by atoms with van der Waals surface area (Å²) in [6.45, 7) is 0. The molecule has 0 bridgehead atoms. The molecule has 1 aliphatic heterocycles. The van der Waals surface area contributed by atoms with Crippen molar-refractivity contribution in [3.63, 3.8) is 0 Å². The van der Waals surface area contributed by atoms with Gasteiger partial charge in [0, 0.05) is 10.5 Å². The molecule has 80 valence electrons. The number of allylic oxidation sites excluding steroid dienone is 4. The summed E-state index contributed by atoms with van der Waals surface area (Å²) in [5.74, 6) is 0.227. The van der Waals surface area contributed by atoms with Crippen molar-refractivity contribution in [2.75, 3.05) is 6.26 Å². The third kappa shape index (κ3) is 1.26. The van der Waals surface area contributed by atoms with E-state index in [1.807, 2.05) is 36.4 Å². The molecule has 0 amide bonds. The highest BCUT2D eigenvalue weighted by Crippen LogP contribution is 2.38. The number of Topliss-reactive ketones (excluding diaryl/α,β-unsaturated/α-hetero) is 1. The number of hydrogen-bond acceptors (Lipinski definition) is 1. The zero-order chi connectivity index (χ0) is 11.1. The maximum atomic E-state index is 12.3. The van der Waals surface area contributed by atoms with Crippen LogP contribution < -0.4 is 0 Å². The number of hydrogen-bond donors (Lipinski definition) is 0. The molecule has 2 aliphatic rings. The smallest absolute Gasteiger partial charge is 0.175 e. The van der Waals surface area contributed by atoms with Crippen molar-refractivity contribution in [3.05, 3.63) is 54.1 Å². The van der Waals surface area contributed by atoms with Crippen LogP contribution in [0.1, 0.15) is 10.4 Å². The predicted molar refractivity (Wildman–Crippen MR) is 69.3 cm³/mol. The lowest BCUT2D eigenvalue weighted by atomic mass is 9.91. The number of carbonyl (C=O) groups is 1. The van der Waals surface area contributed by atoms with Crippen LogP contribution in [0.4, 0.5) is 0 Å². The molecule has 1 heterocycles. The lowest BCUT2D eigenvalue weighted by Crippen LogP contribution is -2.26. The van der Waals surface area contributed by atoms with Crippen molar-refractivity contribution in [2.24, 2.45) is 5.92 Å². The van der Waals surface area contributed by atoms with Crippen LogP contribution in [0, 0.1) is 5.92 Å². The van der Waals surface area contributed by atoms with Crippen molar-refractivity contribution in [1.29, 1.82) is 0 Å². The van der Waals surface area contributed by atoms with E-state index in [1.165, 1.54) is 9.76 Å². The van der Waals surface area contributed by atoms with Gasteiger partial charge in [-0.1, -0.05) is 42.5 Å². The molecule has 1 aromatic rings. The van der Waals surface area contributed by atoms with Crippen molar-refractivity contribution < 1.29 is 4.79 Å². The van der Waals surface area contributed by atoms with E-state index in [1.54, 1.807) is 0 Å². The summed E-state index contributed by atoms with van der Waals surface area (Å²) >= 11 is 0. The van der Waals surface area contributed by atoms with Crippen LogP contribution in [-0.4, -0.2) is 16.9 Å². The molecule has 0 fully saturated rings. The van der Waals surface area contributed by atoms with Gasteiger partial charge in [0.15, 0.2) is 5.78 Å². The lowest BCUT2D eigenvalue weighted by molar-refractivity contribution is 0.0969. The topological polar surface area (TPSA) is 17.1 Å². The van der Waals surface area contributed by atoms with Gasteiger partial charge in [0.25, 0.3) is 0 Å². The average molecular weight is 228 g/mol. The molecule has 1 aliphatic carbocycles. The fourth-order valence-corrected chi connectivity index (χ4v) is 4.15. The van der Waals surface area contributed by atoms with Crippen molar-refractivity contribution in [1.82, 2.24) is 0 Å². The first kappa shape index (κ1) is 9.79. The zero-order valence-corrected chi connectivity index (χ0v) is 9.83. The highest BCUT2D eigenvalue weighted by Gasteiger charge is 2.29. The van der Waals surface area contributed by atoms with Gasteiger partial charge in [0.2, 0.25) is 0 Å². The Labute approximate surface area is 97.4 Å². The van der Waals surface area contributed by atoms with Gasteiger partial charge in [-0.05, 0) is 17.2 Å². The molecule has 2 atom stereocenters. The fourth-order valence-electron chi connectivity index (χ4n) is 2.26. The summed E-state index contributed by atoms with van der Waals surface area (Å²) in [5, 5.41) is 0. The van der Waals surface area contributed by atoms with Gasteiger partial charge < -0.3 is 0 Å². The number of ketones is 1. The summed E-state index contributed by atoms with van der Waals surface area (Å²) in [6.07, 6.45) is 10.3. The van der Waals surface area contributed by atoms with E-state index < -0.39 is 0 Å². The van der Waals surface area contributed by atoms with Gasteiger partial charge in [0.1, 0.15) is 0 Å². The van der Waals surface area contributed by atoms with Crippen LogP contribution in [0.5, 0.6) is 0 Å². The Balaban J connectivity index is 2.31. The van der Waals surface area contributed by atoms with Crippen LogP contribution in [0.25, 0.3) is 0 Å². The van der Waals surface area contributed by atoms with E-state index in [9.17, 15) is 4.79 Å². The van der Waals surface area contributed by atoms with Crippen LogP contribution in [0.2, 0.25) is 0 Å². The van der Waals surface area contributed by atoms with Gasteiger partial charge in [0.05, 0.1) is 5.92 Å². The second-order valence-corrected chi connectivity index (χ2v) is 5.93. The standard InChI is InChI=1S/C14H12OS/c1-16-12-8-4-2-6-10(12)14(15)11-7-3-5-9-13(11)16/h2-10H,1H3. The van der Waals surface area contributed by atoms with Gasteiger partial charge >= 0.3 is 0 Å². The minimum Gasteiger partial charge on any atom is -0.293 e. The Morgan fingerprint density at radius 1 is 1.19 bits per heavy atom. The second kappa shape index (κ2) is 3.56. The summed E-state index contributed by atoms with van der Waals surface area (Å²) < 4.78 is 0. The Morgan fingerprint density at radius 3 is 2.88 bits per heavy atom. The van der Waals surface area contributed by atoms with E-state index in [-0.39, 0.29) is 22.2 Å². The molecule has 0 saturated carbocycles. The monoisotopic (exact) mass is 228 g/mol. The van der Waals surface area contributed by atoms with Gasteiger partial charge in [-0.2, -0.15) is 10.5 Å². The van der Waals surface area contributed by atoms with E-state index in [0.29, 0.717) is 0 Å². The predicted octanol–water partition coefficient (Wildman–Crippen LogP) is 3.06. The van der Waals surface area contributed by atoms with Crippen molar-refractivity contribution in [3.8, 4) is 0 Å². The van der Waals surface area contributed by atoms with E-state index >= 15 is 0 Å². The van der Waals surface area contributed by atoms with Crippen LogP contribution in [0.15, 0.2) is 53.5 Å². The second-order valence-electron chi connectivity index (χ2n) is 3.99. The SMILES string of the molecule is CS1=C2C=CC=CC2C(=O)c2ccccc21. The summed E-state index contributed by atoms with van der Waals surface area (Å²) in [5.41, 5.74) is 0.905. The minimum atomic E-state index is -0.0202. The molecule has 0 spiro atoms. The average Bonchev–Trinajstić information content (AvgIpc) is 2.36. The summed E-state index contributed by atoms with van der Waals surface area (Å²) in [4.78, 5) is 14.7. The molecule has 1 aromatic carbocycles. The molecule has 3 rings (SSSR count). The normalized spacial score (nSPS) is 26.6. The molecule has 0 saturated heterocycles. The van der Waals surface area contributed by atoms with E-state index in [2.05, 4.69) is 18.4 Å². The number of carbonyl (C=O) groups excluding carboxylic acids is 1. The summed E-state index contributed by atoms with van der Waals surface area (Å²) in [7, 11) is 0.0554. The van der Waals surface area contributed by atoms with Crippen LogP contribution >= 0.6 is 10.5 Å². The quantitative estimate of drug-likeness (QED) is 0.624. The molecule has 0 N–H and O–H groups in total. The number of fused-ring (bicyclic) bond motifs is 2. The molecule has 2 heteroatoms. The molecule has 2 unspecified atom stereocenters. The summed E-state index contributed by atoms with van der Waals surface area (Å²) in [6, 6.07) is 7.98. The number of benzene rings is 1. The highest BCUT2D eigenvalue weighted by atomic mass is 32.2. The largest absolute Gasteiger partial charge is 0.293 e. The van der Waals surface area contributed by atoms with Gasteiger partial charge in [-0.25, -0.2) is 0 Å². The Kier molecular flexibility index (Phi) is 2.18. The van der Waals surface area contributed by atoms with Crippen molar-refractivity contribution >= 4 is 21.1 Å². The highest BCUT2D eigenvalue weighted by molar-refractivity contribution is 8.15. The molecule has 16 heavy (non-hydrogen) atoms. The molecular formula is C14H12OS. The van der Waals surface area contributed by atoms with Crippen LogP contribution in [0.3, 0.4) is 0 Å². The first-order valence-electron chi connectivity index (χ1n) is 5.30. The van der Waals surface area contributed by atoms with Gasteiger partial charge in [-0.15, -0.1) is 0 Å². The first-order chi connectivity index (χ1) is 7.79. The molecule has 0 aromatic heterocycles. The lowest BCUT2D eigenvalue weighted by Gasteiger charge is -2.26. The minimum absolute atomic E-state index is 0.0202. The van der Waals surface area contributed by atoms with Crippen molar-refractivity contribution in [2.45, 2.75) is 4.90 Å². The maximum absolute atomic E-state index is 12.3. The van der Waals surface area contributed by atoms with E-state index in [0.717, 1.165) is 5.56 Å². The third-order valence-corrected chi connectivity index (χ3v) is 5.21. The van der Waals surface area contributed by atoms with Crippen LogP contribution in [-0.2, 0) is 0 Å². The molecular weight excluding hydrogens is 216 g/mol. The fraction of sp³-hybridized carbons (Fsp3) is 0.143. The Bertz CT molecular complexity index is 564. The Hall–Kier alpha value is -1.41. The van der Waals surface area contributed by atoms with Gasteiger partial charge in [-0.3, -0.25) is 4.79 Å². The Morgan fingerprint density at radius 2 is 2.00 bits per heavy atom. The maximum Gasteiger partial charge on any atom is 0.175 e. The first-order valence-corrected chi connectivity index (χ1v) is 6.93.